The number of pyridine rings is 1. The maximum Gasteiger partial charge on any atom is 0.240 e. The van der Waals surface area contributed by atoms with Crippen molar-refractivity contribution in [3.8, 4) is 0 Å². The van der Waals surface area contributed by atoms with Crippen molar-refractivity contribution in [2.45, 2.75) is 43.7 Å². The van der Waals surface area contributed by atoms with Gasteiger partial charge in [0.05, 0.1) is 0 Å². The first-order chi connectivity index (χ1) is 8.78. The van der Waals surface area contributed by atoms with Gasteiger partial charge in [0.25, 0.3) is 0 Å². The van der Waals surface area contributed by atoms with Gasteiger partial charge in [-0.15, -0.1) is 0 Å². The number of hydrogen-bond donors (Lipinski definition) is 2. The highest BCUT2D eigenvalue weighted by molar-refractivity contribution is 5.87. The van der Waals surface area contributed by atoms with Gasteiger partial charge < -0.3 is 10.6 Å². The van der Waals surface area contributed by atoms with Crippen molar-refractivity contribution < 1.29 is 4.79 Å². The van der Waals surface area contributed by atoms with Crippen LogP contribution in [0.25, 0.3) is 0 Å². The van der Waals surface area contributed by atoms with E-state index < -0.39 is 5.54 Å². The Labute approximate surface area is 107 Å². The number of rotatable bonds is 2. The van der Waals surface area contributed by atoms with Crippen LogP contribution in [0.4, 0.5) is 0 Å². The van der Waals surface area contributed by atoms with E-state index in [-0.39, 0.29) is 5.91 Å². The molecule has 4 nitrogen and oxygen atoms in total. The molecule has 3 rings (SSSR count). The molecule has 1 amide bonds. The van der Waals surface area contributed by atoms with Crippen LogP contribution >= 0.6 is 0 Å². The summed E-state index contributed by atoms with van der Waals surface area (Å²) < 4.78 is 0. The Hall–Kier alpha value is -1.42. The lowest BCUT2D eigenvalue weighted by Gasteiger charge is -2.38. The zero-order chi connectivity index (χ0) is 12.4. The largest absolute Gasteiger partial charge is 0.354 e. The molecule has 2 atom stereocenters. The highest BCUT2D eigenvalue weighted by atomic mass is 16.2. The van der Waals surface area contributed by atoms with Crippen LogP contribution in [-0.4, -0.2) is 29.0 Å². The monoisotopic (exact) mass is 245 g/mol. The molecule has 0 aromatic carbocycles. The number of aromatic nitrogens is 1. The fraction of sp³-hybridized carbons (Fsp3) is 0.571. The molecule has 18 heavy (non-hydrogen) atoms. The summed E-state index contributed by atoms with van der Waals surface area (Å²) in [5.74, 6) is 0.148. The number of nitrogens with one attached hydrogen (secondary N) is 2. The number of fused-ring (bicyclic) bond motifs is 2. The van der Waals surface area contributed by atoms with Gasteiger partial charge in [0.2, 0.25) is 5.91 Å². The van der Waals surface area contributed by atoms with E-state index in [1.807, 2.05) is 18.2 Å². The summed E-state index contributed by atoms with van der Waals surface area (Å²) in [6.07, 6.45) is 6.73. The van der Waals surface area contributed by atoms with E-state index in [9.17, 15) is 4.79 Å². The van der Waals surface area contributed by atoms with Crippen LogP contribution in [0.1, 0.15) is 31.4 Å². The Morgan fingerprint density at radius 1 is 1.39 bits per heavy atom. The summed E-state index contributed by atoms with van der Waals surface area (Å²) >= 11 is 0. The fourth-order valence-electron chi connectivity index (χ4n) is 3.14. The van der Waals surface area contributed by atoms with Gasteiger partial charge in [-0.2, -0.15) is 0 Å². The third-order valence-electron chi connectivity index (χ3n) is 4.06. The first-order valence-electron chi connectivity index (χ1n) is 6.74. The van der Waals surface area contributed by atoms with Crippen LogP contribution in [-0.2, 0) is 11.2 Å². The molecular formula is C14H19N3O. The molecule has 2 unspecified atom stereocenters. The molecule has 4 heteroatoms. The smallest absolute Gasteiger partial charge is 0.240 e. The van der Waals surface area contributed by atoms with E-state index in [1.165, 1.54) is 6.42 Å². The molecule has 0 aliphatic carbocycles. The number of carbonyl (C=O) groups excluding carboxylic acids is 1. The van der Waals surface area contributed by atoms with Gasteiger partial charge in [-0.05, 0) is 37.8 Å². The zero-order valence-electron chi connectivity index (χ0n) is 10.5. The minimum Gasteiger partial charge on any atom is -0.354 e. The Morgan fingerprint density at radius 3 is 3.17 bits per heavy atom. The fourth-order valence-corrected chi connectivity index (χ4v) is 3.14. The molecule has 0 saturated carbocycles. The average Bonchev–Trinajstić information content (AvgIpc) is 2.49. The maximum absolute atomic E-state index is 12.3. The summed E-state index contributed by atoms with van der Waals surface area (Å²) in [5, 5.41) is 6.62. The summed E-state index contributed by atoms with van der Waals surface area (Å²) in [6.45, 7) is 0.792. The number of carbonyl (C=O) groups is 1. The third-order valence-corrected chi connectivity index (χ3v) is 4.06. The van der Waals surface area contributed by atoms with Gasteiger partial charge in [-0.3, -0.25) is 9.78 Å². The van der Waals surface area contributed by atoms with E-state index in [4.69, 9.17) is 0 Å². The van der Waals surface area contributed by atoms with E-state index >= 15 is 0 Å². The number of piperidine rings is 1. The molecular weight excluding hydrogens is 226 g/mol. The summed E-state index contributed by atoms with van der Waals surface area (Å²) in [5.41, 5.74) is 0.552. The number of amides is 1. The quantitative estimate of drug-likeness (QED) is 0.818. The Kier molecular flexibility index (Phi) is 3.04. The molecule has 2 N–H and O–H groups in total. The lowest BCUT2D eigenvalue weighted by atomic mass is 9.81. The standard InChI is InChI=1S/C14H19N3O/c18-13-14(10-12-4-1-2-8-15-12)7-3-5-11(17-14)6-9-16-13/h1-2,4,8,11,17H,3,5-7,9-10H2,(H,16,18). The molecule has 1 aromatic heterocycles. The highest BCUT2D eigenvalue weighted by Crippen LogP contribution is 2.29. The van der Waals surface area contributed by atoms with E-state index in [0.717, 1.165) is 31.5 Å². The second kappa shape index (κ2) is 4.69. The number of hydrogen-bond acceptors (Lipinski definition) is 3. The topological polar surface area (TPSA) is 54.0 Å². The molecule has 2 aliphatic heterocycles. The van der Waals surface area contributed by atoms with Crippen LogP contribution < -0.4 is 10.6 Å². The van der Waals surface area contributed by atoms with Crippen molar-refractivity contribution in [3.05, 3.63) is 30.1 Å². The summed E-state index contributed by atoms with van der Waals surface area (Å²) in [4.78, 5) is 16.7. The highest BCUT2D eigenvalue weighted by Gasteiger charge is 2.43. The molecule has 2 saturated heterocycles. The molecule has 2 aliphatic rings. The van der Waals surface area contributed by atoms with Crippen LogP contribution in [0.15, 0.2) is 24.4 Å². The SMILES string of the molecule is O=C1NCCC2CCCC1(Cc1ccccn1)N2. The Bertz CT molecular complexity index is 434. The average molecular weight is 245 g/mol. The zero-order valence-corrected chi connectivity index (χ0v) is 10.5. The van der Waals surface area contributed by atoms with Crippen LogP contribution in [0, 0.1) is 0 Å². The molecule has 1 aromatic rings. The summed E-state index contributed by atoms with van der Waals surface area (Å²) in [7, 11) is 0. The molecule has 3 heterocycles. The predicted molar refractivity (Wildman–Crippen MR) is 69.1 cm³/mol. The molecule has 0 spiro atoms. The van der Waals surface area contributed by atoms with Gasteiger partial charge in [-0.1, -0.05) is 6.07 Å². The van der Waals surface area contributed by atoms with Crippen molar-refractivity contribution in [2.24, 2.45) is 0 Å². The van der Waals surface area contributed by atoms with Crippen LogP contribution in [0.2, 0.25) is 0 Å². The van der Waals surface area contributed by atoms with Gasteiger partial charge in [-0.25, -0.2) is 0 Å². The van der Waals surface area contributed by atoms with Crippen molar-refractivity contribution in [1.82, 2.24) is 15.6 Å². The van der Waals surface area contributed by atoms with Gasteiger partial charge >= 0.3 is 0 Å². The number of nitrogens with zero attached hydrogens (tertiary/aromatic N) is 1. The normalized spacial score (nSPS) is 31.6. The Balaban J connectivity index is 1.87. The van der Waals surface area contributed by atoms with Gasteiger partial charge in [0.15, 0.2) is 0 Å². The predicted octanol–water partition coefficient (Wildman–Crippen LogP) is 1.02. The van der Waals surface area contributed by atoms with E-state index in [2.05, 4.69) is 15.6 Å². The lowest BCUT2D eigenvalue weighted by Crippen LogP contribution is -2.60. The molecule has 2 bridgehead atoms. The van der Waals surface area contributed by atoms with E-state index in [1.54, 1.807) is 6.20 Å². The van der Waals surface area contributed by atoms with Gasteiger partial charge in [0, 0.05) is 30.9 Å². The first kappa shape index (κ1) is 11.7. The maximum atomic E-state index is 12.3. The van der Waals surface area contributed by atoms with Crippen molar-refractivity contribution in [3.63, 3.8) is 0 Å². The first-order valence-corrected chi connectivity index (χ1v) is 6.74. The summed E-state index contributed by atoms with van der Waals surface area (Å²) in [6, 6.07) is 6.36. The van der Waals surface area contributed by atoms with Crippen LogP contribution in [0.3, 0.4) is 0 Å². The second-order valence-corrected chi connectivity index (χ2v) is 5.36. The van der Waals surface area contributed by atoms with Crippen molar-refractivity contribution >= 4 is 5.91 Å². The lowest BCUT2D eigenvalue weighted by molar-refractivity contribution is -0.128. The van der Waals surface area contributed by atoms with E-state index in [0.29, 0.717) is 12.5 Å². The van der Waals surface area contributed by atoms with Gasteiger partial charge in [0.1, 0.15) is 5.54 Å². The Morgan fingerprint density at radius 2 is 2.33 bits per heavy atom. The molecule has 0 radical (unpaired) electrons. The van der Waals surface area contributed by atoms with Crippen molar-refractivity contribution in [1.29, 1.82) is 0 Å². The minimum atomic E-state index is -0.437. The molecule has 96 valence electrons. The molecule has 2 fully saturated rings. The third kappa shape index (κ3) is 2.12. The van der Waals surface area contributed by atoms with Crippen molar-refractivity contribution in [2.75, 3.05) is 6.54 Å². The second-order valence-electron chi connectivity index (χ2n) is 5.36. The van der Waals surface area contributed by atoms with Crippen LogP contribution in [0.5, 0.6) is 0 Å². The minimum absolute atomic E-state index is 0.148.